The van der Waals surface area contributed by atoms with Crippen molar-refractivity contribution in [2.45, 2.75) is 24.3 Å². The number of benzene rings is 2. The zero-order chi connectivity index (χ0) is 19.5. The number of hydrogen-bond acceptors (Lipinski definition) is 8. The molecule has 0 saturated carbocycles. The molecule has 0 aliphatic rings. The van der Waals surface area contributed by atoms with E-state index in [-0.39, 0.29) is 17.6 Å². The van der Waals surface area contributed by atoms with Gasteiger partial charge in [0.1, 0.15) is 0 Å². The summed E-state index contributed by atoms with van der Waals surface area (Å²) in [6, 6.07) is 15.7. The Balaban J connectivity index is 1.35. The summed E-state index contributed by atoms with van der Waals surface area (Å²) in [6.07, 6.45) is -0.616. The molecule has 1 unspecified atom stereocenters. The van der Waals surface area contributed by atoms with Crippen molar-refractivity contribution in [2.24, 2.45) is 0 Å². The number of aryl methyl sites for hydroxylation is 1. The average molecular weight is 412 g/mol. The summed E-state index contributed by atoms with van der Waals surface area (Å²) in [7, 11) is 0. The fraction of sp³-hybridized carbons (Fsp3) is 0.200. The van der Waals surface area contributed by atoms with Crippen LogP contribution in [0, 0.1) is 6.92 Å². The fourth-order valence-electron chi connectivity index (χ4n) is 2.61. The largest absolute Gasteiger partial charge is 0.452 e. The Bertz CT molecular complexity index is 1090. The van der Waals surface area contributed by atoms with Gasteiger partial charge in [-0.25, -0.2) is 4.98 Å². The van der Waals surface area contributed by atoms with Crippen LogP contribution in [0.2, 0.25) is 0 Å². The number of ether oxygens (including phenoxy) is 1. The Labute approximate surface area is 170 Å². The molecule has 28 heavy (non-hydrogen) atoms. The number of thiazole rings is 1. The fourth-order valence-corrected chi connectivity index (χ4v) is 4.46. The Hall–Kier alpha value is -2.71. The third kappa shape index (κ3) is 4.23. The molecule has 1 atom stereocenters. The predicted octanol–water partition coefficient (Wildman–Crippen LogP) is 5.05. The van der Waals surface area contributed by atoms with Crippen LogP contribution in [-0.2, 0) is 9.53 Å². The minimum absolute atomic E-state index is 0.170. The molecule has 0 fully saturated rings. The number of thioether (sulfide) groups is 1. The van der Waals surface area contributed by atoms with E-state index in [1.807, 2.05) is 55.5 Å². The van der Waals surface area contributed by atoms with E-state index in [1.165, 1.54) is 11.8 Å². The van der Waals surface area contributed by atoms with Gasteiger partial charge in [0.25, 0.3) is 5.89 Å². The predicted molar refractivity (Wildman–Crippen MR) is 109 cm³/mol. The average Bonchev–Trinajstić information content (AvgIpc) is 3.33. The van der Waals surface area contributed by atoms with Crippen LogP contribution >= 0.6 is 23.1 Å². The van der Waals surface area contributed by atoms with Crippen LogP contribution in [0.15, 0.2) is 57.3 Å². The maximum Gasteiger partial charge on any atom is 0.317 e. The zero-order valence-electron chi connectivity index (χ0n) is 15.3. The summed E-state index contributed by atoms with van der Waals surface area (Å²) in [5.41, 5.74) is 2.87. The van der Waals surface area contributed by atoms with Crippen LogP contribution in [0.4, 0.5) is 0 Å². The van der Waals surface area contributed by atoms with Gasteiger partial charge in [-0.2, -0.15) is 0 Å². The second kappa shape index (κ2) is 8.12. The van der Waals surface area contributed by atoms with Gasteiger partial charge in [-0.15, -0.1) is 21.5 Å². The highest BCUT2D eigenvalue weighted by Crippen LogP contribution is 2.30. The molecule has 0 bridgehead atoms. The summed E-state index contributed by atoms with van der Waals surface area (Å²) in [5, 5.41) is 8.06. The van der Waals surface area contributed by atoms with E-state index in [1.54, 1.807) is 18.3 Å². The molecule has 4 rings (SSSR count). The van der Waals surface area contributed by atoms with Crippen molar-refractivity contribution in [3.05, 3.63) is 60.0 Å². The molecule has 2 heterocycles. The minimum atomic E-state index is -0.616. The van der Waals surface area contributed by atoms with Crippen molar-refractivity contribution in [3.8, 4) is 11.5 Å². The van der Waals surface area contributed by atoms with Gasteiger partial charge in [0, 0.05) is 5.56 Å². The van der Waals surface area contributed by atoms with Gasteiger partial charge in [0.15, 0.2) is 10.4 Å². The molecule has 2 aromatic carbocycles. The SMILES string of the molecule is Cc1cccc(-c2nnc(C(C)OC(=O)CSc3nc4ccccc4s3)o2)c1. The van der Waals surface area contributed by atoms with E-state index in [4.69, 9.17) is 9.15 Å². The highest BCUT2D eigenvalue weighted by atomic mass is 32.2. The molecule has 2 aromatic heterocycles. The highest BCUT2D eigenvalue weighted by Gasteiger charge is 2.19. The monoisotopic (exact) mass is 411 g/mol. The van der Waals surface area contributed by atoms with Crippen LogP contribution in [-0.4, -0.2) is 26.9 Å². The second-order valence-electron chi connectivity index (χ2n) is 6.18. The smallest absolute Gasteiger partial charge is 0.317 e. The maximum atomic E-state index is 12.2. The Morgan fingerprint density at radius 3 is 2.89 bits per heavy atom. The molecule has 8 heteroatoms. The molecule has 4 aromatic rings. The quantitative estimate of drug-likeness (QED) is 0.324. The van der Waals surface area contributed by atoms with Crippen molar-refractivity contribution in [3.63, 3.8) is 0 Å². The van der Waals surface area contributed by atoms with Gasteiger partial charge < -0.3 is 9.15 Å². The van der Waals surface area contributed by atoms with Gasteiger partial charge >= 0.3 is 5.97 Å². The van der Waals surface area contributed by atoms with Crippen molar-refractivity contribution in [2.75, 3.05) is 5.75 Å². The van der Waals surface area contributed by atoms with Crippen molar-refractivity contribution in [1.82, 2.24) is 15.2 Å². The molecular formula is C20H17N3O3S2. The van der Waals surface area contributed by atoms with Gasteiger partial charge in [0.05, 0.1) is 16.0 Å². The summed E-state index contributed by atoms with van der Waals surface area (Å²) < 4.78 is 13.0. The van der Waals surface area contributed by atoms with Crippen LogP contribution in [0.1, 0.15) is 24.5 Å². The molecule has 0 aliphatic heterocycles. The van der Waals surface area contributed by atoms with Gasteiger partial charge in [-0.05, 0) is 38.1 Å². The summed E-state index contributed by atoms with van der Waals surface area (Å²) in [4.78, 5) is 16.7. The number of para-hydroxylation sites is 1. The molecule has 0 amide bonds. The number of carbonyl (C=O) groups is 1. The lowest BCUT2D eigenvalue weighted by Gasteiger charge is -2.08. The standard InChI is InChI=1S/C20H17N3O3S2/c1-12-6-5-7-14(10-12)19-23-22-18(26-19)13(2)25-17(24)11-27-20-21-15-8-3-4-9-16(15)28-20/h3-10,13H,11H2,1-2H3. The molecule has 0 saturated heterocycles. The van der Waals surface area contributed by atoms with Gasteiger partial charge in [-0.3, -0.25) is 4.79 Å². The Morgan fingerprint density at radius 1 is 1.21 bits per heavy atom. The lowest BCUT2D eigenvalue weighted by molar-refractivity contribution is -0.146. The van der Waals surface area contributed by atoms with Crippen LogP contribution < -0.4 is 0 Å². The Morgan fingerprint density at radius 2 is 2.07 bits per heavy atom. The molecule has 0 N–H and O–H groups in total. The first kappa shape index (κ1) is 18.6. The first-order chi connectivity index (χ1) is 13.6. The number of carbonyl (C=O) groups excluding carboxylic acids is 1. The van der Waals surface area contributed by atoms with E-state index in [0.29, 0.717) is 5.89 Å². The van der Waals surface area contributed by atoms with E-state index < -0.39 is 6.10 Å². The minimum Gasteiger partial charge on any atom is -0.452 e. The maximum absolute atomic E-state index is 12.2. The van der Waals surface area contributed by atoms with E-state index in [0.717, 1.165) is 25.7 Å². The van der Waals surface area contributed by atoms with Crippen LogP contribution in [0.5, 0.6) is 0 Å². The number of hydrogen-bond donors (Lipinski definition) is 0. The topological polar surface area (TPSA) is 78.1 Å². The summed E-state index contributed by atoms with van der Waals surface area (Å²) >= 11 is 2.92. The third-order valence-corrected chi connectivity index (χ3v) is 6.10. The van der Waals surface area contributed by atoms with E-state index in [2.05, 4.69) is 15.2 Å². The lowest BCUT2D eigenvalue weighted by Crippen LogP contribution is -2.11. The first-order valence-electron chi connectivity index (χ1n) is 8.67. The van der Waals surface area contributed by atoms with Crippen LogP contribution in [0.25, 0.3) is 21.7 Å². The number of esters is 1. The number of rotatable bonds is 6. The van der Waals surface area contributed by atoms with Gasteiger partial charge in [-0.1, -0.05) is 41.6 Å². The van der Waals surface area contributed by atoms with Crippen molar-refractivity contribution >= 4 is 39.3 Å². The molecule has 142 valence electrons. The highest BCUT2D eigenvalue weighted by molar-refractivity contribution is 8.01. The Kier molecular flexibility index (Phi) is 5.40. The van der Waals surface area contributed by atoms with E-state index in [9.17, 15) is 4.79 Å². The van der Waals surface area contributed by atoms with Crippen molar-refractivity contribution < 1.29 is 13.9 Å². The summed E-state index contributed by atoms with van der Waals surface area (Å²) in [5.74, 6) is 0.496. The molecule has 0 spiro atoms. The van der Waals surface area contributed by atoms with Crippen molar-refractivity contribution in [1.29, 1.82) is 0 Å². The molecule has 0 aliphatic carbocycles. The number of nitrogens with zero attached hydrogens (tertiary/aromatic N) is 3. The molecule has 0 radical (unpaired) electrons. The summed E-state index contributed by atoms with van der Waals surface area (Å²) in [6.45, 7) is 3.71. The normalized spacial score (nSPS) is 12.2. The first-order valence-corrected chi connectivity index (χ1v) is 10.5. The zero-order valence-corrected chi connectivity index (χ0v) is 16.9. The number of aromatic nitrogens is 3. The second-order valence-corrected chi connectivity index (χ2v) is 8.44. The van der Waals surface area contributed by atoms with E-state index >= 15 is 0 Å². The molecule has 6 nitrogen and oxygen atoms in total. The lowest BCUT2D eigenvalue weighted by atomic mass is 10.1. The third-order valence-electron chi connectivity index (χ3n) is 3.95. The number of fused-ring (bicyclic) bond motifs is 1. The molecular weight excluding hydrogens is 394 g/mol. The van der Waals surface area contributed by atoms with Gasteiger partial charge in [0.2, 0.25) is 5.89 Å². The van der Waals surface area contributed by atoms with Crippen LogP contribution in [0.3, 0.4) is 0 Å².